The van der Waals surface area contributed by atoms with Crippen molar-refractivity contribution in [3.8, 4) is 22.6 Å². The molecule has 108 valence electrons. The molecular weight excluding hydrogens is 278 g/mol. The van der Waals surface area contributed by atoms with E-state index in [1.165, 1.54) is 12.1 Å². The fraction of sp³-hybridized carbons (Fsp3) is 0.133. The molecule has 0 radical (unpaired) electrons. The van der Waals surface area contributed by atoms with Gasteiger partial charge in [0.25, 0.3) is 0 Å². The molecule has 6 heteroatoms. The molecule has 1 aromatic carbocycles. The Kier molecular flexibility index (Phi) is 3.21. The molecule has 3 rings (SSSR count). The van der Waals surface area contributed by atoms with E-state index in [0.717, 1.165) is 18.2 Å². The fourth-order valence-corrected chi connectivity index (χ4v) is 2.14. The first-order valence-corrected chi connectivity index (χ1v) is 6.39. The molecule has 0 atom stereocenters. The van der Waals surface area contributed by atoms with E-state index < -0.39 is 11.6 Å². The minimum absolute atomic E-state index is 0.0237. The van der Waals surface area contributed by atoms with Gasteiger partial charge in [-0.3, -0.25) is 0 Å². The second-order valence-electron chi connectivity index (χ2n) is 4.55. The highest BCUT2D eigenvalue weighted by atomic mass is 19.1. The van der Waals surface area contributed by atoms with Crippen LogP contribution in [0.15, 0.2) is 39.3 Å². The highest BCUT2D eigenvalue weighted by molar-refractivity contribution is 5.85. The standard InChI is InChI=1S/C15H12F2N2O2/c1-2-11-3-4-12(20-11)14-13(15(18)21-19-14)8-5-9(16)7-10(17)6-8/h3-7H,2,18H2,1H3. The van der Waals surface area contributed by atoms with E-state index in [-0.39, 0.29) is 11.4 Å². The molecule has 0 aliphatic carbocycles. The quantitative estimate of drug-likeness (QED) is 0.791. The topological polar surface area (TPSA) is 65.2 Å². The highest BCUT2D eigenvalue weighted by Gasteiger charge is 2.21. The van der Waals surface area contributed by atoms with E-state index >= 15 is 0 Å². The SMILES string of the molecule is CCc1ccc(-c2noc(N)c2-c2cc(F)cc(F)c2)o1. The predicted molar refractivity (Wildman–Crippen MR) is 73.3 cm³/mol. The number of hydrogen-bond donors (Lipinski definition) is 1. The summed E-state index contributed by atoms with van der Waals surface area (Å²) >= 11 is 0. The van der Waals surface area contributed by atoms with Crippen molar-refractivity contribution < 1.29 is 17.7 Å². The van der Waals surface area contributed by atoms with Crippen molar-refractivity contribution in [2.24, 2.45) is 0 Å². The third-order valence-corrected chi connectivity index (χ3v) is 3.11. The molecule has 0 saturated heterocycles. The first-order valence-electron chi connectivity index (χ1n) is 6.39. The lowest BCUT2D eigenvalue weighted by molar-refractivity contribution is 0.434. The van der Waals surface area contributed by atoms with Gasteiger partial charge in [-0.05, 0) is 29.8 Å². The number of aryl methyl sites for hydroxylation is 1. The molecule has 0 spiro atoms. The molecule has 0 aliphatic rings. The zero-order chi connectivity index (χ0) is 15.0. The summed E-state index contributed by atoms with van der Waals surface area (Å²) in [5.41, 5.74) is 6.61. The van der Waals surface area contributed by atoms with Crippen LogP contribution < -0.4 is 5.73 Å². The van der Waals surface area contributed by atoms with E-state index in [1.807, 2.05) is 6.92 Å². The molecule has 2 heterocycles. The Morgan fingerprint density at radius 2 is 1.86 bits per heavy atom. The average molecular weight is 290 g/mol. The molecule has 0 fully saturated rings. The average Bonchev–Trinajstić information content (AvgIpc) is 3.03. The zero-order valence-corrected chi connectivity index (χ0v) is 11.2. The Balaban J connectivity index is 2.16. The summed E-state index contributed by atoms with van der Waals surface area (Å²) in [7, 11) is 0. The zero-order valence-electron chi connectivity index (χ0n) is 11.2. The summed E-state index contributed by atoms with van der Waals surface area (Å²) in [6.07, 6.45) is 0.720. The van der Waals surface area contributed by atoms with Gasteiger partial charge in [0.05, 0.1) is 5.56 Å². The number of halogens is 2. The molecule has 0 bridgehead atoms. The summed E-state index contributed by atoms with van der Waals surface area (Å²) < 4.78 is 37.3. The van der Waals surface area contributed by atoms with Crippen molar-refractivity contribution in [3.63, 3.8) is 0 Å². The number of nitrogen functional groups attached to an aromatic ring is 1. The summed E-state index contributed by atoms with van der Waals surface area (Å²) in [5, 5.41) is 3.83. The maximum Gasteiger partial charge on any atom is 0.230 e. The first kappa shape index (κ1) is 13.4. The van der Waals surface area contributed by atoms with E-state index in [2.05, 4.69) is 5.16 Å². The number of aromatic nitrogens is 1. The number of anilines is 1. The number of nitrogens with zero attached hydrogens (tertiary/aromatic N) is 1. The van der Waals surface area contributed by atoms with Crippen LogP contribution in [0.5, 0.6) is 0 Å². The van der Waals surface area contributed by atoms with Crippen LogP contribution in [0.1, 0.15) is 12.7 Å². The van der Waals surface area contributed by atoms with Crippen LogP contribution in [-0.4, -0.2) is 5.16 Å². The Morgan fingerprint density at radius 3 is 2.48 bits per heavy atom. The Hall–Kier alpha value is -2.63. The Morgan fingerprint density at radius 1 is 1.14 bits per heavy atom. The van der Waals surface area contributed by atoms with Gasteiger partial charge in [-0.1, -0.05) is 12.1 Å². The van der Waals surface area contributed by atoms with E-state index in [0.29, 0.717) is 17.0 Å². The van der Waals surface area contributed by atoms with Gasteiger partial charge in [-0.15, -0.1) is 0 Å². The largest absolute Gasteiger partial charge is 0.459 e. The van der Waals surface area contributed by atoms with Crippen LogP contribution in [0.3, 0.4) is 0 Å². The maximum atomic E-state index is 13.4. The minimum atomic E-state index is -0.703. The normalized spacial score (nSPS) is 11.0. The van der Waals surface area contributed by atoms with Gasteiger partial charge in [0, 0.05) is 12.5 Å². The van der Waals surface area contributed by atoms with Crippen molar-refractivity contribution in [1.82, 2.24) is 5.16 Å². The molecule has 3 aromatic rings. The van der Waals surface area contributed by atoms with Crippen molar-refractivity contribution in [3.05, 3.63) is 47.7 Å². The number of benzene rings is 1. The van der Waals surface area contributed by atoms with E-state index in [9.17, 15) is 8.78 Å². The van der Waals surface area contributed by atoms with Gasteiger partial charge < -0.3 is 14.7 Å². The van der Waals surface area contributed by atoms with Gasteiger partial charge in [-0.25, -0.2) is 8.78 Å². The fourth-order valence-electron chi connectivity index (χ4n) is 2.14. The first-order chi connectivity index (χ1) is 10.1. The molecule has 0 aliphatic heterocycles. The van der Waals surface area contributed by atoms with Crippen molar-refractivity contribution >= 4 is 5.88 Å². The molecule has 2 aromatic heterocycles. The van der Waals surface area contributed by atoms with Crippen LogP contribution in [-0.2, 0) is 6.42 Å². The van der Waals surface area contributed by atoms with Crippen molar-refractivity contribution in [2.45, 2.75) is 13.3 Å². The van der Waals surface area contributed by atoms with Gasteiger partial charge in [0.1, 0.15) is 17.4 Å². The number of rotatable bonds is 3. The minimum Gasteiger partial charge on any atom is -0.459 e. The smallest absolute Gasteiger partial charge is 0.230 e. The Bertz CT molecular complexity index is 773. The monoisotopic (exact) mass is 290 g/mol. The lowest BCUT2D eigenvalue weighted by Crippen LogP contribution is -1.89. The van der Waals surface area contributed by atoms with Crippen LogP contribution in [0.2, 0.25) is 0 Å². The van der Waals surface area contributed by atoms with Gasteiger partial charge in [0.2, 0.25) is 5.88 Å². The molecule has 4 nitrogen and oxygen atoms in total. The number of furan rings is 1. The predicted octanol–water partition coefficient (Wildman–Crippen LogP) is 4.02. The summed E-state index contributed by atoms with van der Waals surface area (Å²) in [6.45, 7) is 1.95. The molecular formula is C15H12F2N2O2. The maximum absolute atomic E-state index is 13.4. The van der Waals surface area contributed by atoms with E-state index in [1.54, 1.807) is 12.1 Å². The lowest BCUT2D eigenvalue weighted by atomic mass is 10.0. The lowest BCUT2D eigenvalue weighted by Gasteiger charge is -2.02. The third-order valence-electron chi connectivity index (χ3n) is 3.11. The number of nitrogens with two attached hydrogens (primary N) is 1. The highest BCUT2D eigenvalue weighted by Crippen LogP contribution is 2.37. The van der Waals surface area contributed by atoms with Crippen LogP contribution in [0, 0.1) is 11.6 Å². The van der Waals surface area contributed by atoms with E-state index in [4.69, 9.17) is 14.7 Å². The molecule has 2 N–H and O–H groups in total. The molecule has 0 saturated carbocycles. The summed E-state index contributed by atoms with van der Waals surface area (Å²) in [6, 6.07) is 6.64. The Labute approximate surface area is 119 Å². The summed E-state index contributed by atoms with van der Waals surface area (Å²) in [4.78, 5) is 0. The van der Waals surface area contributed by atoms with Crippen LogP contribution in [0.4, 0.5) is 14.7 Å². The van der Waals surface area contributed by atoms with Crippen molar-refractivity contribution in [1.29, 1.82) is 0 Å². The molecule has 0 unspecified atom stereocenters. The van der Waals surface area contributed by atoms with Gasteiger partial charge >= 0.3 is 0 Å². The molecule has 21 heavy (non-hydrogen) atoms. The van der Waals surface area contributed by atoms with Gasteiger partial charge in [-0.2, -0.15) is 0 Å². The van der Waals surface area contributed by atoms with Crippen LogP contribution >= 0.6 is 0 Å². The molecule has 0 amide bonds. The van der Waals surface area contributed by atoms with Crippen molar-refractivity contribution in [2.75, 3.05) is 5.73 Å². The second-order valence-corrected chi connectivity index (χ2v) is 4.55. The second kappa shape index (κ2) is 5.05. The van der Waals surface area contributed by atoms with Crippen LogP contribution in [0.25, 0.3) is 22.6 Å². The summed E-state index contributed by atoms with van der Waals surface area (Å²) in [5.74, 6) is -0.227. The van der Waals surface area contributed by atoms with Gasteiger partial charge in [0.15, 0.2) is 11.5 Å². The number of hydrogen-bond acceptors (Lipinski definition) is 4. The third kappa shape index (κ3) is 2.40.